The number of rotatable bonds is 6. The van der Waals surface area contributed by atoms with Crippen molar-refractivity contribution in [3.63, 3.8) is 0 Å². The number of aryl methyl sites for hydroxylation is 1. The Morgan fingerprint density at radius 1 is 1.32 bits per heavy atom. The van der Waals surface area contributed by atoms with Crippen LogP contribution in [0.1, 0.15) is 11.3 Å². The van der Waals surface area contributed by atoms with Crippen molar-refractivity contribution < 1.29 is 13.9 Å². The van der Waals surface area contributed by atoms with Crippen molar-refractivity contribution in [1.29, 1.82) is 0 Å². The van der Waals surface area contributed by atoms with Gasteiger partial charge in [-0.2, -0.15) is 0 Å². The highest BCUT2D eigenvalue weighted by Crippen LogP contribution is 2.13. The number of hydrogen-bond donors (Lipinski definition) is 1. The van der Waals surface area contributed by atoms with E-state index in [4.69, 9.17) is 4.74 Å². The Morgan fingerprint density at radius 3 is 2.96 bits per heavy atom. The van der Waals surface area contributed by atoms with Crippen molar-refractivity contribution in [1.82, 2.24) is 20.0 Å². The fraction of sp³-hybridized carbons (Fsp3) is 0.176. The van der Waals surface area contributed by atoms with Gasteiger partial charge in [0.2, 0.25) is 5.91 Å². The Labute approximate surface area is 143 Å². The highest BCUT2D eigenvalue weighted by atomic mass is 19.1. The number of halogens is 1. The van der Waals surface area contributed by atoms with Gasteiger partial charge in [-0.3, -0.25) is 4.79 Å². The molecule has 8 heteroatoms. The first-order valence-corrected chi connectivity index (χ1v) is 7.58. The predicted molar refractivity (Wildman–Crippen MR) is 88.4 cm³/mol. The maximum Gasteiger partial charge on any atom is 0.247 e. The maximum absolute atomic E-state index is 13.1. The molecule has 128 valence electrons. The van der Waals surface area contributed by atoms with Crippen molar-refractivity contribution in [2.75, 3.05) is 5.32 Å². The fourth-order valence-electron chi connectivity index (χ4n) is 2.07. The van der Waals surface area contributed by atoms with Crippen LogP contribution in [0.15, 0.2) is 48.8 Å². The van der Waals surface area contributed by atoms with E-state index in [0.29, 0.717) is 17.3 Å². The minimum Gasteiger partial charge on any atom is -0.487 e. The first kappa shape index (κ1) is 16.6. The molecule has 0 saturated carbocycles. The average Bonchev–Trinajstić information content (AvgIpc) is 3.02. The van der Waals surface area contributed by atoms with E-state index >= 15 is 0 Å². The van der Waals surface area contributed by atoms with Crippen LogP contribution in [0.5, 0.6) is 5.75 Å². The maximum atomic E-state index is 13.1. The normalized spacial score (nSPS) is 10.5. The average molecular weight is 341 g/mol. The fourth-order valence-corrected chi connectivity index (χ4v) is 2.07. The lowest BCUT2D eigenvalue weighted by atomic mass is 10.3. The number of nitrogens with one attached hydrogen (secondary N) is 1. The van der Waals surface area contributed by atoms with Gasteiger partial charge in [0.1, 0.15) is 36.2 Å². The van der Waals surface area contributed by atoms with Gasteiger partial charge in [0.25, 0.3) is 0 Å². The Kier molecular flexibility index (Phi) is 4.98. The van der Waals surface area contributed by atoms with Gasteiger partial charge in [0, 0.05) is 12.3 Å². The second-order valence-corrected chi connectivity index (χ2v) is 5.42. The first-order chi connectivity index (χ1) is 12.1. The molecule has 7 nitrogen and oxygen atoms in total. The van der Waals surface area contributed by atoms with Gasteiger partial charge in [0.05, 0.1) is 6.20 Å². The molecule has 1 amide bonds. The summed E-state index contributed by atoms with van der Waals surface area (Å²) in [7, 11) is 0. The van der Waals surface area contributed by atoms with E-state index < -0.39 is 0 Å². The van der Waals surface area contributed by atoms with E-state index in [1.54, 1.807) is 30.6 Å². The van der Waals surface area contributed by atoms with Crippen molar-refractivity contribution in [2.24, 2.45) is 0 Å². The molecule has 0 fully saturated rings. The van der Waals surface area contributed by atoms with Gasteiger partial charge in [-0.1, -0.05) is 17.3 Å². The second-order valence-electron chi connectivity index (χ2n) is 5.42. The van der Waals surface area contributed by atoms with E-state index in [1.165, 1.54) is 16.8 Å². The lowest BCUT2D eigenvalue weighted by Gasteiger charge is -2.04. The minimum atomic E-state index is -0.373. The Morgan fingerprint density at radius 2 is 2.20 bits per heavy atom. The van der Waals surface area contributed by atoms with E-state index in [9.17, 15) is 9.18 Å². The Balaban J connectivity index is 1.52. The molecule has 2 heterocycles. The number of ether oxygens (including phenoxy) is 1. The van der Waals surface area contributed by atoms with Crippen LogP contribution in [-0.2, 0) is 17.9 Å². The SMILES string of the molecule is Cc1ccc(NC(=O)Cn2cc(COc3cccc(F)c3)nn2)nc1. The molecule has 3 rings (SSSR count). The summed E-state index contributed by atoms with van der Waals surface area (Å²) in [6, 6.07) is 9.42. The number of pyridine rings is 1. The molecule has 0 unspecified atom stereocenters. The van der Waals surface area contributed by atoms with E-state index in [0.717, 1.165) is 5.56 Å². The minimum absolute atomic E-state index is 0.00250. The monoisotopic (exact) mass is 341 g/mol. The molecule has 0 saturated heterocycles. The molecule has 0 atom stereocenters. The van der Waals surface area contributed by atoms with Crippen molar-refractivity contribution in [3.8, 4) is 5.75 Å². The Bertz CT molecular complexity index is 863. The number of aromatic nitrogens is 4. The smallest absolute Gasteiger partial charge is 0.247 e. The zero-order chi connectivity index (χ0) is 17.6. The zero-order valence-corrected chi connectivity index (χ0v) is 13.5. The third-order valence-electron chi connectivity index (χ3n) is 3.25. The van der Waals surface area contributed by atoms with Gasteiger partial charge in [0.15, 0.2) is 0 Å². The largest absolute Gasteiger partial charge is 0.487 e. The topological polar surface area (TPSA) is 81.9 Å². The quantitative estimate of drug-likeness (QED) is 0.744. The lowest BCUT2D eigenvalue weighted by molar-refractivity contribution is -0.116. The van der Waals surface area contributed by atoms with Gasteiger partial charge in [-0.15, -0.1) is 5.10 Å². The number of nitrogens with zero attached hydrogens (tertiary/aromatic N) is 4. The highest BCUT2D eigenvalue weighted by molar-refractivity contribution is 5.89. The van der Waals surface area contributed by atoms with Crippen molar-refractivity contribution in [2.45, 2.75) is 20.1 Å². The molecule has 0 aliphatic heterocycles. The van der Waals surface area contributed by atoms with Crippen molar-refractivity contribution in [3.05, 3.63) is 65.9 Å². The van der Waals surface area contributed by atoms with Crippen LogP contribution in [0.2, 0.25) is 0 Å². The number of hydrogen-bond acceptors (Lipinski definition) is 5. The van der Waals surface area contributed by atoms with Crippen molar-refractivity contribution >= 4 is 11.7 Å². The number of amides is 1. The van der Waals surface area contributed by atoms with Crippen LogP contribution in [-0.4, -0.2) is 25.9 Å². The van der Waals surface area contributed by atoms with Crippen LogP contribution in [0.4, 0.5) is 10.2 Å². The van der Waals surface area contributed by atoms with Crippen LogP contribution in [0.25, 0.3) is 0 Å². The first-order valence-electron chi connectivity index (χ1n) is 7.58. The molecular formula is C17H16FN5O2. The number of benzene rings is 1. The van der Waals surface area contributed by atoms with Gasteiger partial charge >= 0.3 is 0 Å². The summed E-state index contributed by atoms with van der Waals surface area (Å²) in [5, 5.41) is 10.5. The van der Waals surface area contributed by atoms with Crippen LogP contribution in [0, 0.1) is 12.7 Å². The zero-order valence-electron chi connectivity index (χ0n) is 13.5. The molecule has 0 aliphatic carbocycles. The molecule has 2 aromatic heterocycles. The third-order valence-corrected chi connectivity index (χ3v) is 3.25. The summed E-state index contributed by atoms with van der Waals surface area (Å²) in [5.41, 5.74) is 1.54. The summed E-state index contributed by atoms with van der Waals surface area (Å²) >= 11 is 0. The molecule has 3 aromatic rings. The van der Waals surface area contributed by atoms with Gasteiger partial charge in [-0.25, -0.2) is 14.1 Å². The third kappa shape index (κ3) is 4.84. The van der Waals surface area contributed by atoms with E-state index in [2.05, 4.69) is 20.6 Å². The van der Waals surface area contributed by atoms with Crippen LogP contribution in [0.3, 0.4) is 0 Å². The van der Waals surface area contributed by atoms with Crippen LogP contribution < -0.4 is 10.1 Å². The molecular weight excluding hydrogens is 325 g/mol. The Hall–Kier alpha value is -3.29. The summed E-state index contributed by atoms with van der Waals surface area (Å²) in [5.74, 6) is 0.240. The predicted octanol–water partition coefficient (Wildman–Crippen LogP) is 2.34. The summed E-state index contributed by atoms with van der Waals surface area (Å²) in [4.78, 5) is 16.1. The molecule has 0 bridgehead atoms. The lowest BCUT2D eigenvalue weighted by Crippen LogP contribution is -2.19. The number of carbonyl (C=O) groups excluding carboxylic acids is 1. The van der Waals surface area contributed by atoms with Gasteiger partial charge < -0.3 is 10.1 Å². The van der Waals surface area contributed by atoms with Crippen LogP contribution >= 0.6 is 0 Å². The highest BCUT2D eigenvalue weighted by Gasteiger charge is 2.08. The van der Waals surface area contributed by atoms with Gasteiger partial charge in [-0.05, 0) is 30.7 Å². The molecule has 0 aliphatic rings. The summed E-state index contributed by atoms with van der Waals surface area (Å²) in [6.07, 6.45) is 3.27. The molecule has 1 N–H and O–H groups in total. The second kappa shape index (κ2) is 7.52. The molecule has 1 aromatic carbocycles. The summed E-state index contributed by atoms with van der Waals surface area (Å²) < 4.78 is 19.9. The van der Waals surface area contributed by atoms with E-state index in [-0.39, 0.29) is 24.9 Å². The molecule has 25 heavy (non-hydrogen) atoms. The number of carbonyl (C=O) groups is 1. The standard InChI is InChI=1S/C17H16FN5O2/c1-12-5-6-16(19-8-12)20-17(24)10-23-9-14(21-22-23)11-25-15-4-2-3-13(18)7-15/h2-9H,10-11H2,1H3,(H,19,20,24). The molecule has 0 spiro atoms. The summed E-state index contributed by atoms with van der Waals surface area (Å²) in [6.45, 7) is 2.05. The van der Waals surface area contributed by atoms with E-state index in [1.807, 2.05) is 13.0 Å². The number of anilines is 1. The molecule has 0 radical (unpaired) electrons.